The predicted molar refractivity (Wildman–Crippen MR) is 205 cm³/mol. The van der Waals surface area contributed by atoms with E-state index in [4.69, 9.17) is 5.73 Å². The van der Waals surface area contributed by atoms with Crippen molar-refractivity contribution >= 4 is 51.7 Å². The summed E-state index contributed by atoms with van der Waals surface area (Å²) in [5.41, 5.74) is 11.4. The average Bonchev–Trinajstić information content (AvgIpc) is 3.50. The number of nitrogens with two attached hydrogens (primary N) is 1. The van der Waals surface area contributed by atoms with Crippen LogP contribution in [0, 0.1) is 0 Å². The van der Waals surface area contributed by atoms with E-state index in [0.717, 1.165) is 23.0 Å². The number of imide groups is 1. The van der Waals surface area contributed by atoms with E-state index in [2.05, 4.69) is 124 Å². The molecular weight excluding hydrogens is 619 g/mol. The number of carbonyl (C=O) groups is 2. The van der Waals surface area contributed by atoms with Crippen molar-refractivity contribution in [3.63, 3.8) is 0 Å². The fourth-order valence-electron chi connectivity index (χ4n) is 8.67. The first kappa shape index (κ1) is 31.0. The zero-order valence-corrected chi connectivity index (χ0v) is 29.0. The Labute approximate surface area is 288 Å². The molecule has 1 unspecified atom stereocenters. The van der Waals surface area contributed by atoms with E-state index in [1.807, 2.05) is 48.5 Å². The van der Waals surface area contributed by atoms with Gasteiger partial charge >= 0.3 is 278 Å². The molecule has 0 radical (unpaired) electrons. The monoisotopic (exact) mass is 658 g/mol. The summed E-state index contributed by atoms with van der Waals surface area (Å²) in [5, 5.41) is 4.70. The van der Waals surface area contributed by atoms with E-state index in [9.17, 15) is 9.59 Å². The molecule has 0 aromatic heterocycles. The van der Waals surface area contributed by atoms with Gasteiger partial charge in [-0.2, -0.15) is 0 Å². The topological polar surface area (TPSA) is 63.4 Å². The first-order valence-corrected chi connectivity index (χ1v) is 18.9. The van der Waals surface area contributed by atoms with Gasteiger partial charge < -0.3 is 5.73 Å². The third kappa shape index (κ3) is 4.70. The molecule has 0 fully saturated rings. The Hall–Kier alpha value is -5.31. The number of hydrogen-bond acceptors (Lipinski definition) is 3. The Morgan fingerprint density at radius 2 is 1.08 bits per heavy atom. The zero-order chi connectivity index (χ0) is 34.0. The summed E-state index contributed by atoms with van der Waals surface area (Å²) >= 11 is 0. The van der Waals surface area contributed by atoms with Crippen LogP contribution in [0.4, 0.5) is 11.4 Å². The number of nitrogens with zero attached hydrogens (tertiary/aromatic N) is 1. The van der Waals surface area contributed by atoms with Crippen molar-refractivity contribution in [2.75, 3.05) is 10.6 Å². The maximum absolute atomic E-state index is 14.5. The Balaban J connectivity index is 1.27. The molecular formula is C44H39N2O2P. The molecule has 242 valence electrons. The van der Waals surface area contributed by atoms with Crippen molar-refractivity contribution in [1.82, 2.24) is 0 Å². The second-order valence-electron chi connectivity index (χ2n) is 14.3. The molecule has 5 heteroatoms. The second-order valence-corrected chi connectivity index (χ2v) is 18.1. The zero-order valence-electron chi connectivity index (χ0n) is 28.0. The molecule has 6 aromatic rings. The number of amides is 2. The number of anilines is 2. The molecule has 0 saturated heterocycles. The van der Waals surface area contributed by atoms with Crippen molar-refractivity contribution < 1.29 is 9.59 Å². The van der Waals surface area contributed by atoms with Gasteiger partial charge in [-0.3, -0.25) is 0 Å². The Kier molecular flexibility index (Phi) is 7.21. The summed E-state index contributed by atoms with van der Waals surface area (Å²) < 4.78 is 0. The van der Waals surface area contributed by atoms with Crippen LogP contribution in [0.3, 0.4) is 0 Å². The van der Waals surface area contributed by atoms with Crippen LogP contribution in [0.2, 0.25) is 0 Å². The van der Waals surface area contributed by atoms with Gasteiger partial charge in [-0.25, -0.2) is 0 Å². The van der Waals surface area contributed by atoms with Gasteiger partial charge in [-0.15, -0.1) is 0 Å². The summed E-state index contributed by atoms with van der Waals surface area (Å²) in [6.07, 6.45) is 0.902. The van der Waals surface area contributed by atoms with Gasteiger partial charge in [0.25, 0.3) is 0 Å². The first-order valence-electron chi connectivity index (χ1n) is 16.9. The molecule has 2 amide bonds. The normalized spacial score (nSPS) is 18.3. The summed E-state index contributed by atoms with van der Waals surface area (Å²) in [7, 11) is -2.88. The van der Waals surface area contributed by atoms with Gasteiger partial charge in [0.15, 0.2) is 0 Å². The van der Waals surface area contributed by atoms with Crippen LogP contribution in [0.1, 0.15) is 64.6 Å². The second kappa shape index (κ2) is 11.4. The predicted octanol–water partition coefficient (Wildman–Crippen LogP) is 7.41. The standard InChI is InChI=1S/C44H39N2O2P/c1-43(2)29-44(3,30-19-21-31(45)22-20-30)40-27-32(23-26-39(40)43)46-41(47)37-25-24-36(28-38(37)42(46)48)49(33-13-7-4-8-14-33,34-15-9-5-10-16-34)35-17-11-6-12-18-35/h4-28,49H,29,45H2,1-3H3. The van der Waals surface area contributed by atoms with Crippen molar-refractivity contribution in [3.05, 3.63) is 179 Å². The molecule has 1 heterocycles. The number of hydrogen-bond donors (Lipinski definition) is 1. The summed E-state index contributed by atoms with van der Waals surface area (Å²) in [6.45, 7) is 6.78. The molecule has 2 aliphatic rings. The SMILES string of the molecule is CC1(C)CC(C)(c2ccc(N)cc2)c2cc(N3C(=O)c4ccc([PH](c5ccccc5)(c5ccccc5)c5ccccc5)cc4C3=O)ccc21. The Bertz CT molecular complexity index is 2130. The van der Waals surface area contributed by atoms with Crippen molar-refractivity contribution in [3.8, 4) is 0 Å². The van der Waals surface area contributed by atoms with Crippen molar-refractivity contribution in [2.45, 2.75) is 38.0 Å². The van der Waals surface area contributed by atoms with E-state index in [1.165, 1.54) is 31.9 Å². The average molecular weight is 659 g/mol. The van der Waals surface area contributed by atoms with Crippen LogP contribution in [-0.2, 0) is 10.8 Å². The molecule has 6 aromatic carbocycles. The van der Waals surface area contributed by atoms with E-state index in [0.29, 0.717) is 16.8 Å². The van der Waals surface area contributed by atoms with E-state index < -0.39 is 7.26 Å². The molecule has 8 rings (SSSR count). The van der Waals surface area contributed by atoms with Crippen LogP contribution in [0.15, 0.2) is 152 Å². The van der Waals surface area contributed by atoms with Gasteiger partial charge in [0.1, 0.15) is 0 Å². The van der Waals surface area contributed by atoms with Gasteiger partial charge in [0.05, 0.1) is 0 Å². The van der Waals surface area contributed by atoms with Crippen LogP contribution in [-0.4, -0.2) is 11.8 Å². The maximum atomic E-state index is 14.5. The van der Waals surface area contributed by atoms with Gasteiger partial charge in [0, 0.05) is 5.69 Å². The Morgan fingerprint density at radius 1 is 0.551 bits per heavy atom. The Morgan fingerprint density at radius 3 is 1.63 bits per heavy atom. The fourth-order valence-corrected chi connectivity index (χ4v) is 13.4. The minimum atomic E-state index is -2.88. The number of benzene rings is 6. The van der Waals surface area contributed by atoms with Gasteiger partial charge in [-0.05, 0) is 0 Å². The van der Waals surface area contributed by atoms with Crippen LogP contribution in [0.5, 0.6) is 0 Å². The van der Waals surface area contributed by atoms with Crippen molar-refractivity contribution in [1.29, 1.82) is 0 Å². The molecule has 1 aliphatic heterocycles. The number of carbonyl (C=O) groups excluding carboxylic acids is 2. The van der Waals surface area contributed by atoms with Crippen LogP contribution in [0.25, 0.3) is 0 Å². The summed E-state index contributed by atoms with van der Waals surface area (Å²) in [5.74, 6) is -0.574. The number of fused-ring (bicyclic) bond motifs is 2. The molecule has 0 spiro atoms. The van der Waals surface area contributed by atoms with Gasteiger partial charge in [-0.1, -0.05) is 0 Å². The molecule has 49 heavy (non-hydrogen) atoms. The molecule has 0 bridgehead atoms. The quantitative estimate of drug-likeness (QED) is 0.115. The number of nitrogen functional groups attached to an aromatic ring is 1. The summed E-state index contributed by atoms with van der Waals surface area (Å²) in [6, 6.07) is 52.0. The fraction of sp³-hybridized carbons (Fsp3) is 0.136. The molecule has 1 aliphatic carbocycles. The van der Waals surface area contributed by atoms with E-state index >= 15 is 0 Å². The van der Waals surface area contributed by atoms with Gasteiger partial charge in [0.2, 0.25) is 0 Å². The molecule has 0 saturated carbocycles. The summed E-state index contributed by atoms with van der Waals surface area (Å²) in [4.78, 5) is 30.1. The van der Waals surface area contributed by atoms with E-state index in [1.54, 1.807) is 0 Å². The third-order valence-corrected chi connectivity index (χ3v) is 15.6. The van der Waals surface area contributed by atoms with E-state index in [-0.39, 0.29) is 22.6 Å². The van der Waals surface area contributed by atoms with Crippen LogP contribution >= 0.6 is 7.26 Å². The minimum absolute atomic E-state index is 0.0822. The number of rotatable bonds is 6. The first-order chi connectivity index (χ1) is 23.6. The third-order valence-electron chi connectivity index (χ3n) is 10.9. The molecule has 2 N–H and O–H groups in total. The van der Waals surface area contributed by atoms with Crippen LogP contribution < -0.4 is 31.9 Å². The molecule has 1 atom stereocenters. The molecule has 4 nitrogen and oxygen atoms in total. The van der Waals surface area contributed by atoms with Crippen molar-refractivity contribution in [2.24, 2.45) is 0 Å².